The topological polar surface area (TPSA) is 56.2 Å². The summed E-state index contributed by atoms with van der Waals surface area (Å²) >= 11 is 0. The molecule has 0 saturated carbocycles. The van der Waals surface area contributed by atoms with Gasteiger partial charge in [0.2, 0.25) is 5.95 Å². The van der Waals surface area contributed by atoms with Gasteiger partial charge >= 0.3 is 5.97 Å². The number of para-hydroxylation sites is 2. The second kappa shape index (κ2) is 7.11. The molecular weight excluding hydrogens is 266 g/mol. The Kier molecular flexibility index (Phi) is 5.20. The van der Waals surface area contributed by atoms with Crippen molar-refractivity contribution in [1.82, 2.24) is 9.55 Å². The number of carbonyl (C=O) groups excluding carboxylic acids is 1. The number of anilines is 1. The molecule has 114 valence electrons. The molecule has 1 unspecified atom stereocenters. The highest BCUT2D eigenvalue weighted by Crippen LogP contribution is 2.27. The van der Waals surface area contributed by atoms with Gasteiger partial charge in [-0.3, -0.25) is 4.57 Å². The van der Waals surface area contributed by atoms with E-state index in [9.17, 15) is 4.79 Å². The lowest BCUT2D eigenvalue weighted by Crippen LogP contribution is -2.23. The number of fused-ring (bicyclic) bond motifs is 1. The zero-order valence-corrected chi connectivity index (χ0v) is 12.9. The third kappa shape index (κ3) is 3.17. The fraction of sp³-hybridized carbons (Fsp3) is 0.500. The summed E-state index contributed by atoms with van der Waals surface area (Å²) in [6.07, 6.45) is 1.67. The van der Waals surface area contributed by atoms with Crippen molar-refractivity contribution >= 4 is 23.0 Å². The molecule has 2 rings (SSSR count). The van der Waals surface area contributed by atoms with Crippen molar-refractivity contribution in [2.75, 3.05) is 18.5 Å². The van der Waals surface area contributed by atoms with Crippen LogP contribution in [-0.2, 0) is 9.53 Å². The van der Waals surface area contributed by atoms with Crippen molar-refractivity contribution in [2.24, 2.45) is 0 Å². The molecule has 1 heterocycles. The number of ether oxygens (including phenoxy) is 1. The predicted molar refractivity (Wildman–Crippen MR) is 84.5 cm³/mol. The van der Waals surface area contributed by atoms with E-state index in [1.807, 2.05) is 42.7 Å². The largest absolute Gasteiger partial charge is 0.464 e. The van der Waals surface area contributed by atoms with Crippen LogP contribution in [-0.4, -0.2) is 28.7 Å². The molecule has 0 aliphatic carbocycles. The summed E-state index contributed by atoms with van der Waals surface area (Å²) < 4.78 is 7.17. The van der Waals surface area contributed by atoms with E-state index in [4.69, 9.17) is 4.74 Å². The molecular formula is C16H23N3O2. The molecule has 1 atom stereocenters. The minimum atomic E-state index is -0.350. The highest BCUT2D eigenvalue weighted by molar-refractivity contribution is 5.83. The minimum absolute atomic E-state index is 0.206. The van der Waals surface area contributed by atoms with Gasteiger partial charge in [-0.1, -0.05) is 26.0 Å². The van der Waals surface area contributed by atoms with E-state index < -0.39 is 0 Å². The summed E-state index contributed by atoms with van der Waals surface area (Å²) in [7, 11) is 0. The molecule has 0 amide bonds. The molecule has 0 saturated heterocycles. The summed E-state index contributed by atoms with van der Waals surface area (Å²) in [6, 6.07) is 7.51. The smallest absolute Gasteiger partial charge is 0.329 e. The van der Waals surface area contributed by atoms with Crippen molar-refractivity contribution in [3.05, 3.63) is 24.3 Å². The minimum Gasteiger partial charge on any atom is -0.464 e. The molecule has 0 aliphatic heterocycles. The van der Waals surface area contributed by atoms with Crippen molar-refractivity contribution in [1.29, 1.82) is 0 Å². The van der Waals surface area contributed by atoms with Gasteiger partial charge < -0.3 is 10.1 Å². The first-order chi connectivity index (χ1) is 10.2. The second-order valence-corrected chi connectivity index (χ2v) is 4.90. The zero-order valence-electron chi connectivity index (χ0n) is 12.9. The third-order valence-corrected chi connectivity index (χ3v) is 3.39. The summed E-state index contributed by atoms with van der Waals surface area (Å²) in [6.45, 7) is 7.12. The summed E-state index contributed by atoms with van der Waals surface area (Å²) in [5, 5.41) is 3.31. The van der Waals surface area contributed by atoms with Gasteiger partial charge in [-0.25, -0.2) is 9.78 Å². The van der Waals surface area contributed by atoms with Gasteiger partial charge in [-0.2, -0.15) is 0 Å². The van der Waals surface area contributed by atoms with Crippen LogP contribution in [0.25, 0.3) is 11.0 Å². The van der Waals surface area contributed by atoms with Crippen molar-refractivity contribution in [2.45, 2.75) is 39.7 Å². The summed E-state index contributed by atoms with van der Waals surface area (Å²) in [5.41, 5.74) is 1.84. The van der Waals surface area contributed by atoms with E-state index in [0.29, 0.717) is 13.0 Å². The molecule has 0 bridgehead atoms. The highest BCUT2D eigenvalue weighted by Gasteiger charge is 2.25. The van der Waals surface area contributed by atoms with Crippen LogP contribution in [0.2, 0.25) is 0 Å². The van der Waals surface area contributed by atoms with E-state index in [1.165, 1.54) is 0 Å². The van der Waals surface area contributed by atoms with Gasteiger partial charge in [0.1, 0.15) is 6.04 Å². The average molecular weight is 289 g/mol. The Labute approximate surface area is 125 Å². The molecule has 0 spiro atoms. The fourth-order valence-corrected chi connectivity index (χ4v) is 2.41. The Bertz CT molecular complexity index is 607. The Morgan fingerprint density at radius 3 is 2.76 bits per heavy atom. The number of rotatable bonds is 7. The van der Waals surface area contributed by atoms with Crippen LogP contribution in [0.15, 0.2) is 24.3 Å². The van der Waals surface area contributed by atoms with Crippen molar-refractivity contribution in [3.63, 3.8) is 0 Å². The molecule has 0 fully saturated rings. The number of hydrogen-bond donors (Lipinski definition) is 1. The standard InChI is InChI=1S/C16H23N3O2/c1-4-11-17-16-18-12-9-7-8-10-14(12)19(16)13(5-2)15(20)21-6-3/h7-10,13H,4-6,11H2,1-3H3,(H,17,18). The fourth-order valence-electron chi connectivity index (χ4n) is 2.41. The van der Waals surface area contributed by atoms with E-state index >= 15 is 0 Å². The molecule has 0 radical (unpaired) electrons. The van der Waals surface area contributed by atoms with Crippen LogP contribution in [0, 0.1) is 0 Å². The first-order valence-corrected chi connectivity index (χ1v) is 7.60. The van der Waals surface area contributed by atoms with E-state index in [2.05, 4.69) is 17.2 Å². The molecule has 21 heavy (non-hydrogen) atoms. The number of imidazole rings is 1. The van der Waals surface area contributed by atoms with Crippen LogP contribution in [0.4, 0.5) is 5.95 Å². The maximum absolute atomic E-state index is 12.2. The highest BCUT2D eigenvalue weighted by atomic mass is 16.5. The van der Waals surface area contributed by atoms with Crippen LogP contribution in [0.5, 0.6) is 0 Å². The molecule has 1 N–H and O–H groups in total. The quantitative estimate of drug-likeness (QED) is 0.794. The average Bonchev–Trinajstić information content (AvgIpc) is 2.85. The normalized spacial score (nSPS) is 12.3. The molecule has 1 aromatic carbocycles. The lowest BCUT2D eigenvalue weighted by Gasteiger charge is -2.19. The molecule has 1 aromatic heterocycles. The predicted octanol–water partition coefficient (Wildman–Crippen LogP) is 3.37. The molecule has 5 heteroatoms. The van der Waals surface area contributed by atoms with Gasteiger partial charge in [0.25, 0.3) is 0 Å². The Morgan fingerprint density at radius 2 is 2.10 bits per heavy atom. The summed E-state index contributed by atoms with van der Waals surface area (Å²) in [4.78, 5) is 16.8. The van der Waals surface area contributed by atoms with Crippen LogP contribution < -0.4 is 5.32 Å². The van der Waals surface area contributed by atoms with Gasteiger partial charge in [0, 0.05) is 6.54 Å². The number of carbonyl (C=O) groups is 1. The Hall–Kier alpha value is -2.04. The second-order valence-electron chi connectivity index (χ2n) is 4.90. The zero-order chi connectivity index (χ0) is 15.2. The lowest BCUT2D eigenvalue weighted by molar-refractivity contribution is -0.147. The number of nitrogens with zero attached hydrogens (tertiary/aromatic N) is 2. The van der Waals surface area contributed by atoms with Crippen LogP contribution in [0.3, 0.4) is 0 Å². The first-order valence-electron chi connectivity index (χ1n) is 7.60. The third-order valence-electron chi connectivity index (χ3n) is 3.39. The Balaban J connectivity index is 2.49. The first kappa shape index (κ1) is 15.4. The van der Waals surface area contributed by atoms with Gasteiger partial charge in [-0.15, -0.1) is 0 Å². The van der Waals surface area contributed by atoms with Gasteiger partial charge in [-0.05, 0) is 31.9 Å². The van der Waals surface area contributed by atoms with Crippen LogP contribution >= 0.6 is 0 Å². The van der Waals surface area contributed by atoms with Gasteiger partial charge in [0.05, 0.1) is 17.6 Å². The number of nitrogens with one attached hydrogen (secondary N) is 1. The maximum Gasteiger partial charge on any atom is 0.329 e. The van der Waals surface area contributed by atoms with Crippen LogP contribution in [0.1, 0.15) is 39.7 Å². The SMILES string of the molecule is CCCNc1nc2ccccc2n1C(CC)C(=O)OCC. The molecule has 2 aromatic rings. The van der Waals surface area contributed by atoms with Gasteiger partial charge in [0.15, 0.2) is 0 Å². The van der Waals surface area contributed by atoms with E-state index in [0.717, 1.165) is 29.9 Å². The number of benzene rings is 1. The number of aromatic nitrogens is 2. The van der Waals surface area contributed by atoms with Crippen molar-refractivity contribution in [3.8, 4) is 0 Å². The number of esters is 1. The molecule has 0 aliphatic rings. The van der Waals surface area contributed by atoms with Crippen molar-refractivity contribution < 1.29 is 9.53 Å². The monoisotopic (exact) mass is 289 g/mol. The number of hydrogen-bond acceptors (Lipinski definition) is 4. The maximum atomic E-state index is 12.2. The molecule has 5 nitrogen and oxygen atoms in total. The lowest BCUT2D eigenvalue weighted by atomic mass is 10.2. The van der Waals surface area contributed by atoms with E-state index in [-0.39, 0.29) is 12.0 Å². The summed E-state index contributed by atoms with van der Waals surface area (Å²) in [5.74, 6) is 0.528. The van der Waals surface area contributed by atoms with E-state index in [1.54, 1.807) is 0 Å². The Morgan fingerprint density at radius 1 is 1.33 bits per heavy atom.